The Hall–Kier alpha value is -1.78. The maximum Gasteiger partial charge on any atom is 0.490 e. The number of nitriles is 1. The van der Waals surface area contributed by atoms with Crippen molar-refractivity contribution in [3.8, 4) is 6.07 Å². The number of nitrogens with zero attached hydrogens (tertiary/aromatic N) is 1. The van der Waals surface area contributed by atoms with Crippen molar-refractivity contribution in [1.82, 2.24) is 0 Å². The van der Waals surface area contributed by atoms with Crippen molar-refractivity contribution in [2.45, 2.75) is 12.2 Å². The molecule has 0 aromatic heterocycles. The van der Waals surface area contributed by atoms with Gasteiger partial charge in [-0.2, -0.15) is 18.4 Å². The van der Waals surface area contributed by atoms with E-state index in [1.165, 1.54) is 0 Å². The molecule has 0 saturated carbocycles. The zero-order chi connectivity index (χ0) is 14.3. The number of hydrogen-bond donors (Lipinski definition) is 2. The molecule has 1 atom stereocenters. The van der Waals surface area contributed by atoms with Gasteiger partial charge in [0, 0.05) is 10.6 Å². The lowest BCUT2D eigenvalue weighted by Crippen LogP contribution is -2.21. The van der Waals surface area contributed by atoms with Crippen LogP contribution < -0.4 is 5.73 Å². The number of aliphatic carboxylic acids is 1. The number of halogens is 4. The maximum absolute atomic E-state index is 10.6. The van der Waals surface area contributed by atoms with Crippen molar-refractivity contribution < 1.29 is 23.1 Å². The van der Waals surface area contributed by atoms with E-state index in [1.54, 1.807) is 24.3 Å². The highest BCUT2D eigenvalue weighted by molar-refractivity contribution is 6.31. The van der Waals surface area contributed by atoms with Crippen LogP contribution in [0.3, 0.4) is 0 Å². The summed E-state index contributed by atoms with van der Waals surface area (Å²) in [7, 11) is 0. The van der Waals surface area contributed by atoms with Crippen molar-refractivity contribution in [2.24, 2.45) is 5.73 Å². The molecule has 1 aromatic rings. The summed E-state index contributed by atoms with van der Waals surface area (Å²) in [5.74, 6) is -2.76. The van der Waals surface area contributed by atoms with Gasteiger partial charge < -0.3 is 10.8 Å². The predicted molar refractivity (Wildman–Crippen MR) is 57.7 cm³/mol. The molecule has 0 aliphatic carbocycles. The van der Waals surface area contributed by atoms with Crippen molar-refractivity contribution >= 4 is 17.6 Å². The molecule has 18 heavy (non-hydrogen) atoms. The van der Waals surface area contributed by atoms with Gasteiger partial charge in [0.2, 0.25) is 0 Å². The van der Waals surface area contributed by atoms with E-state index in [0.29, 0.717) is 10.6 Å². The summed E-state index contributed by atoms with van der Waals surface area (Å²) >= 11 is 5.77. The first-order valence-electron chi connectivity index (χ1n) is 4.40. The Kier molecular flexibility index (Phi) is 6.16. The number of carboxylic acids is 1. The minimum Gasteiger partial charge on any atom is -0.475 e. The van der Waals surface area contributed by atoms with Gasteiger partial charge in [-0.15, -0.1) is 0 Å². The third-order valence-electron chi connectivity index (χ3n) is 1.62. The molecular weight excluding hydrogens is 273 g/mol. The number of benzene rings is 1. The van der Waals surface area contributed by atoms with Gasteiger partial charge in [-0.05, 0) is 6.07 Å². The van der Waals surface area contributed by atoms with Crippen molar-refractivity contribution in [1.29, 1.82) is 5.26 Å². The molecule has 0 fully saturated rings. The smallest absolute Gasteiger partial charge is 0.475 e. The lowest BCUT2D eigenvalue weighted by atomic mass is 10.1. The summed E-state index contributed by atoms with van der Waals surface area (Å²) in [5.41, 5.74) is 6.13. The summed E-state index contributed by atoms with van der Waals surface area (Å²) in [6.45, 7) is 0. The monoisotopic (exact) mass is 280 g/mol. The quantitative estimate of drug-likeness (QED) is 0.827. The molecule has 0 amide bonds. The van der Waals surface area contributed by atoms with Crippen LogP contribution in [0.4, 0.5) is 13.2 Å². The molecule has 0 heterocycles. The molecule has 1 unspecified atom stereocenters. The van der Waals surface area contributed by atoms with Gasteiger partial charge in [0.05, 0.1) is 6.07 Å². The van der Waals surface area contributed by atoms with E-state index in [1.807, 2.05) is 6.07 Å². The second kappa shape index (κ2) is 6.83. The Morgan fingerprint density at radius 2 is 1.89 bits per heavy atom. The molecule has 3 N–H and O–H groups in total. The summed E-state index contributed by atoms with van der Waals surface area (Å²) < 4.78 is 31.7. The molecule has 0 saturated heterocycles. The Balaban J connectivity index is 0.000000360. The SMILES string of the molecule is N#CC(N)c1ccccc1Cl.O=C(O)C(F)(F)F. The number of nitrogens with two attached hydrogens (primary N) is 1. The molecule has 1 rings (SSSR count). The van der Waals surface area contributed by atoms with Gasteiger partial charge in [0.1, 0.15) is 6.04 Å². The molecule has 0 aliphatic heterocycles. The second-order valence-corrected chi connectivity index (χ2v) is 3.34. The summed E-state index contributed by atoms with van der Waals surface area (Å²) in [5, 5.41) is 16.1. The van der Waals surface area contributed by atoms with E-state index < -0.39 is 18.2 Å². The van der Waals surface area contributed by atoms with E-state index >= 15 is 0 Å². The molecule has 0 bridgehead atoms. The van der Waals surface area contributed by atoms with Gasteiger partial charge in [0.25, 0.3) is 0 Å². The minimum atomic E-state index is -5.08. The first-order chi connectivity index (χ1) is 8.20. The highest BCUT2D eigenvalue weighted by Crippen LogP contribution is 2.19. The van der Waals surface area contributed by atoms with Gasteiger partial charge in [0.15, 0.2) is 0 Å². The van der Waals surface area contributed by atoms with E-state index in [4.69, 9.17) is 32.5 Å². The van der Waals surface area contributed by atoms with E-state index in [2.05, 4.69) is 0 Å². The van der Waals surface area contributed by atoms with Gasteiger partial charge in [-0.1, -0.05) is 29.8 Å². The van der Waals surface area contributed by atoms with E-state index in [0.717, 1.165) is 0 Å². The number of hydrogen-bond acceptors (Lipinski definition) is 3. The fraction of sp³-hybridized carbons (Fsp3) is 0.200. The third kappa shape index (κ3) is 5.52. The van der Waals surface area contributed by atoms with E-state index in [-0.39, 0.29) is 0 Å². The molecular formula is C10H8ClF3N2O2. The topological polar surface area (TPSA) is 87.1 Å². The largest absolute Gasteiger partial charge is 0.490 e. The van der Waals surface area contributed by atoms with Crippen LogP contribution in [0, 0.1) is 11.3 Å². The van der Waals surface area contributed by atoms with Crippen LogP contribution in [0.5, 0.6) is 0 Å². The Labute approximate surface area is 105 Å². The lowest BCUT2D eigenvalue weighted by Gasteiger charge is -2.03. The van der Waals surface area contributed by atoms with Crippen LogP contribution in [0.15, 0.2) is 24.3 Å². The molecule has 4 nitrogen and oxygen atoms in total. The van der Waals surface area contributed by atoms with Crippen LogP contribution in [0.2, 0.25) is 5.02 Å². The summed E-state index contributed by atoms with van der Waals surface area (Å²) in [6.07, 6.45) is -5.08. The first-order valence-corrected chi connectivity index (χ1v) is 4.77. The zero-order valence-electron chi connectivity index (χ0n) is 8.78. The number of alkyl halides is 3. The highest BCUT2D eigenvalue weighted by atomic mass is 35.5. The second-order valence-electron chi connectivity index (χ2n) is 2.93. The van der Waals surface area contributed by atoms with Crippen LogP contribution in [-0.4, -0.2) is 17.3 Å². The fourth-order valence-corrected chi connectivity index (χ4v) is 1.05. The summed E-state index contributed by atoms with van der Waals surface area (Å²) in [6, 6.07) is 8.36. The predicted octanol–water partition coefficient (Wildman–Crippen LogP) is 2.50. The van der Waals surface area contributed by atoms with Gasteiger partial charge in [-0.25, -0.2) is 4.79 Å². The summed E-state index contributed by atoms with van der Waals surface area (Å²) in [4.78, 5) is 8.90. The molecule has 98 valence electrons. The van der Waals surface area contributed by atoms with Gasteiger partial charge >= 0.3 is 12.1 Å². The van der Waals surface area contributed by atoms with Crippen molar-refractivity contribution in [3.05, 3.63) is 34.9 Å². The standard InChI is InChI=1S/C8H7ClN2.C2HF3O2/c9-7-4-2-1-3-6(7)8(11)5-10;3-2(4,5)1(6)7/h1-4,8H,11H2;(H,6,7). The average Bonchev–Trinajstić information content (AvgIpc) is 2.28. The minimum absolute atomic E-state index is 0.543. The zero-order valence-corrected chi connectivity index (χ0v) is 9.53. The van der Waals surface area contributed by atoms with Crippen LogP contribution >= 0.6 is 11.6 Å². The van der Waals surface area contributed by atoms with Crippen molar-refractivity contribution in [3.63, 3.8) is 0 Å². The van der Waals surface area contributed by atoms with Crippen molar-refractivity contribution in [2.75, 3.05) is 0 Å². The molecule has 0 aliphatic rings. The highest BCUT2D eigenvalue weighted by Gasteiger charge is 2.38. The van der Waals surface area contributed by atoms with E-state index in [9.17, 15) is 13.2 Å². The number of carbonyl (C=O) groups is 1. The molecule has 8 heteroatoms. The Morgan fingerprint density at radius 1 is 1.44 bits per heavy atom. The normalized spacial score (nSPS) is 11.8. The van der Waals surface area contributed by atoms with Crippen LogP contribution in [-0.2, 0) is 4.79 Å². The molecule has 0 radical (unpaired) electrons. The molecule has 1 aromatic carbocycles. The fourth-order valence-electron chi connectivity index (χ4n) is 0.797. The Bertz CT molecular complexity index is 457. The Morgan fingerprint density at radius 3 is 2.22 bits per heavy atom. The maximum atomic E-state index is 10.6. The molecule has 0 spiro atoms. The lowest BCUT2D eigenvalue weighted by molar-refractivity contribution is -0.192. The average molecular weight is 281 g/mol. The van der Waals surface area contributed by atoms with Gasteiger partial charge in [-0.3, -0.25) is 0 Å². The van der Waals surface area contributed by atoms with Crippen LogP contribution in [0.25, 0.3) is 0 Å². The van der Waals surface area contributed by atoms with Crippen LogP contribution in [0.1, 0.15) is 11.6 Å². The third-order valence-corrected chi connectivity index (χ3v) is 1.97. The number of rotatable bonds is 1. The first kappa shape index (κ1) is 16.2. The number of carboxylic acid groups (broad SMARTS) is 1.